The summed E-state index contributed by atoms with van der Waals surface area (Å²) in [4.78, 5) is 8.82. The van der Waals surface area contributed by atoms with Gasteiger partial charge in [-0.1, -0.05) is 29.7 Å². The molecule has 0 aliphatic carbocycles. The molecule has 146 valence electrons. The number of aromatic nitrogens is 3. The molecule has 0 fully saturated rings. The summed E-state index contributed by atoms with van der Waals surface area (Å²) < 4.78 is 56.8. The third kappa shape index (κ3) is 4.23. The average Bonchev–Trinajstić information content (AvgIpc) is 3.07. The van der Waals surface area contributed by atoms with Crippen LogP contribution in [0, 0.1) is 5.82 Å². The molecule has 0 saturated carbocycles. The smallest absolute Gasteiger partial charge is 0.406 e. The molecule has 0 spiro atoms. The van der Waals surface area contributed by atoms with E-state index in [2.05, 4.69) is 14.7 Å². The molecular weight excluding hydrogens is 385 g/mol. The fraction of sp³-hybridized carbons (Fsp3) is 0.100. The van der Waals surface area contributed by atoms with E-state index >= 15 is 0 Å². The summed E-state index contributed by atoms with van der Waals surface area (Å²) in [6, 6.07) is 12.5. The van der Waals surface area contributed by atoms with Gasteiger partial charge >= 0.3 is 6.36 Å². The van der Waals surface area contributed by atoms with E-state index in [4.69, 9.17) is 0 Å². The molecule has 4 rings (SSSR count). The van der Waals surface area contributed by atoms with Crippen molar-refractivity contribution in [2.24, 2.45) is 0 Å². The Morgan fingerprint density at radius 2 is 1.69 bits per heavy atom. The molecule has 0 atom stereocenters. The van der Waals surface area contributed by atoms with Crippen LogP contribution in [0.25, 0.3) is 22.8 Å². The van der Waals surface area contributed by atoms with Crippen molar-refractivity contribution >= 4 is 13.3 Å². The van der Waals surface area contributed by atoms with Crippen molar-refractivity contribution in [2.75, 3.05) is 0 Å². The SMILES string of the molecule is Bc1cccc(-c2nc3ccn(Cc4ccc(OC(F)(F)F)cc4)cc-3n2)c1F. The molecule has 0 radical (unpaired) electrons. The Kier molecular flexibility index (Phi) is 4.73. The Morgan fingerprint density at radius 3 is 2.41 bits per heavy atom. The zero-order valence-electron chi connectivity index (χ0n) is 15.2. The molecule has 0 saturated heterocycles. The highest BCUT2D eigenvalue weighted by atomic mass is 19.4. The van der Waals surface area contributed by atoms with Crippen LogP contribution in [0.15, 0.2) is 60.9 Å². The van der Waals surface area contributed by atoms with E-state index in [0.717, 1.165) is 5.56 Å². The van der Waals surface area contributed by atoms with Crippen molar-refractivity contribution in [1.82, 2.24) is 14.5 Å². The molecule has 0 aromatic heterocycles. The number of ether oxygens (including phenoxy) is 1. The minimum atomic E-state index is -4.72. The molecule has 2 aromatic rings. The van der Waals surface area contributed by atoms with E-state index in [1.54, 1.807) is 56.6 Å². The summed E-state index contributed by atoms with van der Waals surface area (Å²) in [5.74, 6) is -0.308. The summed E-state index contributed by atoms with van der Waals surface area (Å²) in [7, 11) is 1.68. The van der Waals surface area contributed by atoms with Gasteiger partial charge in [0.05, 0.1) is 11.3 Å². The fourth-order valence-corrected chi connectivity index (χ4v) is 3.00. The molecule has 0 bridgehead atoms. The van der Waals surface area contributed by atoms with Crippen LogP contribution in [-0.4, -0.2) is 28.7 Å². The normalized spacial score (nSPS) is 11.7. The van der Waals surface area contributed by atoms with Crippen LogP contribution < -0.4 is 10.2 Å². The number of benzene rings is 2. The predicted octanol–water partition coefficient (Wildman–Crippen LogP) is 3.39. The number of fused-ring (bicyclic) bond motifs is 1. The van der Waals surface area contributed by atoms with Crippen LogP contribution in [0.3, 0.4) is 0 Å². The standard InChI is InChI=1S/C20H14BF4N3O/c21-15-3-1-2-14(18(15)22)19-26-16-8-9-28(11-17(16)27-19)10-12-4-6-13(7-5-12)29-20(23,24)25/h1-9,11H,10,21H2. The van der Waals surface area contributed by atoms with Gasteiger partial charge in [-0.15, -0.1) is 13.2 Å². The molecule has 29 heavy (non-hydrogen) atoms. The van der Waals surface area contributed by atoms with E-state index < -0.39 is 6.36 Å². The average molecular weight is 399 g/mol. The summed E-state index contributed by atoms with van der Waals surface area (Å²) in [6.07, 6.45) is -1.17. The summed E-state index contributed by atoms with van der Waals surface area (Å²) in [5, 5.41) is 0. The van der Waals surface area contributed by atoms with E-state index in [1.807, 2.05) is 4.57 Å². The first kappa shape index (κ1) is 19.0. The highest BCUT2D eigenvalue weighted by Crippen LogP contribution is 2.26. The van der Waals surface area contributed by atoms with Crippen molar-refractivity contribution < 1.29 is 22.3 Å². The molecule has 2 heterocycles. The van der Waals surface area contributed by atoms with Crippen LogP contribution in [-0.2, 0) is 6.54 Å². The van der Waals surface area contributed by atoms with Crippen molar-refractivity contribution in [1.29, 1.82) is 0 Å². The van der Waals surface area contributed by atoms with E-state index in [-0.39, 0.29) is 11.6 Å². The maximum atomic E-state index is 14.4. The van der Waals surface area contributed by atoms with Gasteiger partial charge in [0.15, 0.2) is 5.82 Å². The van der Waals surface area contributed by atoms with Crippen molar-refractivity contribution in [3.63, 3.8) is 0 Å². The van der Waals surface area contributed by atoms with Crippen LogP contribution in [0.2, 0.25) is 0 Å². The van der Waals surface area contributed by atoms with Crippen LogP contribution >= 0.6 is 0 Å². The lowest BCUT2D eigenvalue weighted by molar-refractivity contribution is -0.274. The molecule has 0 N–H and O–H groups in total. The monoisotopic (exact) mass is 399 g/mol. The second kappa shape index (κ2) is 7.23. The van der Waals surface area contributed by atoms with E-state index in [9.17, 15) is 17.6 Å². The van der Waals surface area contributed by atoms with Gasteiger partial charge < -0.3 is 9.30 Å². The highest BCUT2D eigenvalue weighted by Gasteiger charge is 2.30. The van der Waals surface area contributed by atoms with Crippen LogP contribution in [0.4, 0.5) is 17.6 Å². The van der Waals surface area contributed by atoms with Gasteiger partial charge in [-0.3, -0.25) is 0 Å². The van der Waals surface area contributed by atoms with Gasteiger partial charge in [0.2, 0.25) is 0 Å². The first-order valence-corrected chi connectivity index (χ1v) is 8.72. The summed E-state index contributed by atoms with van der Waals surface area (Å²) in [6.45, 7) is 0.420. The number of hydrogen-bond acceptors (Lipinski definition) is 3. The van der Waals surface area contributed by atoms with Gasteiger partial charge in [0.25, 0.3) is 0 Å². The maximum Gasteiger partial charge on any atom is 0.573 e. The molecule has 2 aromatic carbocycles. The lowest BCUT2D eigenvalue weighted by Crippen LogP contribution is -2.17. The molecule has 9 heteroatoms. The molecule has 2 aliphatic heterocycles. The van der Waals surface area contributed by atoms with E-state index in [0.29, 0.717) is 34.8 Å². The van der Waals surface area contributed by atoms with Crippen molar-refractivity contribution in [2.45, 2.75) is 12.9 Å². The highest BCUT2D eigenvalue weighted by molar-refractivity contribution is 6.32. The lowest BCUT2D eigenvalue weighted by Gasteiger charge is -2.11. The number of rotatable bonds is 4. The fourth-order valence-electron chi connectivity index (χ4n) is 3.00. The Hall–Kier alpha value is -3.36. The third-order valence-electron chi connectivity index (χ3n) is 4.38. The minimum Gasteiger partial charge on any atom is -0.406 e. The number of imidazole rings is 1. The molecule has 0 unspecified atom stereocenters. The number of nitrogens with zero attached hydrogens (tertiary/aromatic N) is 3. The maximum absolute atomic E-state index is 14.4. The lowest BCUT2D eigenvalue weighted by atomic mass is 9.93. The second-order valence-electron chi connectivity index (χ2n) is 6.56. The quantitative estimate of drug-likeness (QED) is 0.390. The predicted molar refractivity (Wildman–Crippen MR) is 102 cm³/mol. The van der Waals surface area contributed by atoms with Crippen molar-refractivity contribution in [3.8, 4) is 28.5 Å². The van der Waals surface area contributed by atoms with Crippen LogP contribution in [0.5, 0.6) is 5.75 Å². The molecule has 2 aliphatic rings. The summed E-state index contributed by atoms with van der Waals surface area (Å²) >= 11 is 0. The number of hydrogen-bond donors (Lipinski definition) is 0. The van der Waals surface area contributed by atoms with Gasteiger partial charge in [-0.05, 0) is 29.8 Å². The van der Waals surface area contributed by atoms with Gasteiger partial charge in [-0.25, -0.2) is 14.4 Å². The Bertz CT molecular complexity index is 1130. The Labute approximate surface area is 164 Å². The molecular formula is C20H14BF4N3O. The van der Waals surface area contributed by atoms with E-state index in [1.165, 1.54) is 12.1 Å². The van der Waals surface area contributed by atoms with Crippen molar-refractivity contribution in [3.05, 3.63) is 72.3 Å². The first-order chi connectivity index (χ1) is 13.8. The van der Waals surface area contributed by atoms with Gasteiger partial charge in [0.1, 0.15) is 25.1 Å². The Balaban J connectivity index is 1.57. The van der Waals surface area contributed by atoms with Crippen LogP contribution in [0.1, 0.15) is 5.56 Å². The number of alkyl halides is 3. The van der Waals surface area contributed by atoms with Gasteiger partial charge in [0, 0.05) is 18.9 Å². The minimum absolute atomic E-state index is 0.270. The van der Waals surface area contributed by atoms with Gasteiger partial charge in [-0.2, -0.15) is 0 Å². The zero-order valence-corrected chi connectivity index (χ0v) is 15.2. The second-order valence-corrected chi connectivity index (χ2v) is 6.56. The largest absolute Gasteiger partial charge is 0.573 e. The topological polar surface area (TPSA) is 39.9 Å². The summed E-state index contributed by atoms with van der Waals surface area (Å²) in [5.41, 5.74) is 2.87. The zero-order chi connectivity index (χ0) is 20.6. The Morgan fingerprint density at radius 1 is 0.966 bits per heavy atom. The first-order valence-electron chi connectivity index (χ1n) is 8.72. The molecule has 4 nitrogen and oxygen atoms in total. The molecule has 0 amide bonds. The number of halogens is 4. The third-order valence-corrected chi connectivity index (χ3v) is 4.38. The number of pyridine rings is 1.